The van der Waals surface area contributed by atoms with Crippen molar-refractivity contribution in [2.75, 3.05) is 6.61 Å². The molecule has 0 aliphatic carbocycles. The number of hydrogen-bond donors (Lipinski definition) is 0. The predicted molar refractivity (Wildman–Crippen MR) is 157 cm³/mol. The smallest absolute Gasteiger partial charge is 0.338 e. The van der Waals surface area contributed by atoms with Crippen LogP contribution in [0.1, 0.15) is 41.5 Å². The van der Waals surface area contributed by atoms with E-state index in [0.717, 1.165) is 26.9 Å². The van der Waals surface area contributed by atoms with Crippen molar-refractivity contribution in [3.63, 3.8) is 0 Å². The topological polar surface area (TPSA) is 89.4 Å². The summed E-state index contributed by atoms with van der Waals surface area (Å²) in [5.41, 5.74) is 4.19. The zero-order valence-electron chi connectivity index (χ0n) is 21.8. The summed E-state index contributed by atoms with van der Waals surface area (Å²) >= 11 is 2.80. The Kier molecular flexibility index (Phi) is 6.80. The summed E-state index contributed by atoms with van der Waals surface area (Å²) in [6.45, 7) is 4.31. The van der Waals surface area contributed by atoms with E-state index < -0.39 is 12.0 Å². The van der Waals surface area contributed by atoms with Crippen molar-refractivity contribution in [3.05, 3.63) is 125 Å². The fourth-order valence-electron chi connectivity index (χ4n) is 5.12. The van der Waals surface area contributed by atoms with Crippen LogP contribution >= 0.6 is 22.7 Å². The van der Waals surface area contributed by atoms with E-state index in [-0.39, 0.29) is 12.2 Å². The first-order valence-corrected chi connectivity index (χ1v) is 14.5. The highest BCUT2D eigenvalue weighted by Gasteiger charge is 2.33. The van der Waals surface area contributed by atoms with Gasteiger partial charge in [0.15, 0.2) is 4.80 Å². The largest absolute Gasteiger partial charge is 0.463 e. The van der Waals surface area contributed by atoms with E-state index in [0.29, 0.717) is 32.7 Å². The van der Waals surface area contributed by atoms with Gasteiger partial charge in [-0.1, -0.05) is 53.8 Å². The lowest BCUT2D eigenvalue weighted by atomic mass is 10.0. The number of hydrogen-bond acceptors (Lipinski definition) is 7. The fraction of sp³-hybridized carbons (Fsp3) is 0.161. The molecule has 1 aliphatic rings. The Labute approximate surface area is 237 Å². The number of para-hydroxylation sites is 1. The van der Waals surface area contributed by atoms with Gasteiger partial charge in [-0.05, 0) is 49.1 Å². The molecule has 6 rings (SSSR count). The second-order valence-electron chi connectivity index (χ2n) is 9.32. The summed E-state index contributed by atoms with van der Waals surface area (Å²) in [7, 11) is 0. The maximum absolute atomic E-state index is 13.9. The number of fused-ring (bicyclic) bond motifs is 2. The Morgan fingerprint density at radius 3 is 2.73 bits per heavy atom. The standard InChI is InChI=1S/C31H24N4O3S2/c1-3-38-30(37)27-19(2)33-31-35(28(27)25-13-8-14-39-25)29(36)26(40-31)15-22-18-34(24-12-7-6-11-23(22)24)17-21-10-5-4-9-20(21)16-32/h4-15,18,28H,3,17H2,1-2H3/b26-15+/t28-/m1/s1. The van der Waals surface area contributed by atoms with Gasteiger partial charge in [0.25, 0.3) is 5.56 Å². The molecule has 40 heavy (non-hydrogen) atoms. The van der Waals surface area contributed by atoms with E-state index >= 15 is 0 Å². The molecule has 0 saturated heterocycles. The number of carbonyl (C=O) groups excluding carboxylic acids is 1. The van der Waals surface area contributed by atoms with Crippen molar-refractivity contribution in [2.45, 2.75) is 26.4 Å². The van der Waals surface area contributed by atoms with Gasteiger partial charge in [-0.2, -0.15) is 5.26 Å². The van der Waals surface area contributed by atoms with E-state index in [1.807, 2.05) is 78.3 Å². The maximum Gasteiger partial charge on any atom is 0.338 e. The molecule has 0 N–H and O–H groups in total. The van der Waals surface area contributed by atoms with E-state index in [1.165, 1.54) is 22.7 Å². The third-order valence-electron chi connectivity index (χ3n) is 6.91. The predicted octanol–water partition coefficient (Wildman–Crippen LogP) is 4.73. The highest BCUT2D eigenvalue weighted by molar-refractivity contribution is 7.10. The number of rotatable bonds is 6. The molecule has 7 nitrogen and oxygen atoms in total. The number of ether oxygens (including phenoxy) is 1. The quantitative estimate of drug-likeness (QED) is 0.279. The second-order valence-corrected chi connectivity index (χ2v) is 11.3. The van der Waals surface area contributed by atoms with Gasteiger partial charge in [0.05, 0.1) is 34.0 Å². The van der Waals surface area contributed by atoms with Gasteiger partial charge in [0.2, 0.25) is 0 Å². The van der Waals surface area contributed by atoms with Gasteiger partial charge < -0.3 is 9.30 Å². The summed E-state index contributed by atoms with van der Waals surface area (Å²) < 4.78 is 9.60. The van der Waals surface area contributed by atoms with E-state index in [1.54, 1.807) is 18.4 Å². The Morgan fingerprint density at radius 2 is 1.95 bits per heavy atom. The van der Waals surface area contributed by atoms with E-state index in [4.69, 9.17) is 4.74 Å². The monoisotopic (exact) mass is 564 g/mol. The van der Waals surface area contributed by atoms with Crippen LogP contribution in [0.4, 0.5) is 0 Å². The van der Waals surface area contributed by atoms with Gasteiger partial charge in [0.1, 0.15) is 6.04 Å². The summed E-state index contributed by atoms with van der Waals surface area (Å²) in [5.74, 6) is -0.461. The third kappa shape index (κ3) is 4.41. The number of nitrogens with zero attached hydrogens (tertiary/aromatic N) is 4. The highest BCUT2D eigenvalue weighted by atomic mass is 32.1. The lowest BCUT2D eigenvalue weighted by Gasteiger charge is -2.23. The number of thiazole rings is 1. The molecular formula is C31H24N4O3S2. The van der Waals surface area contributed by atoms with Gasteiger partial charge >= 0.3 is 5.97 Å². The van der Waals surface area contributed by atoms with Crippen molar-refractivity contribution < 1.29 is 9.53 Å². The number of carbonyl (C=O) groups is 1. The van der Waals surface area contributed by atoms with Crippen LogP contribution < -0.4 is 14.9 Å². The molecule has 0 radical (unpaired) electrons. The zero-order chi connectivity index (χ0) is 27.8. The zero-order valence-corrected chi connectivity index (χ0v) is 23.5. The van der Waals surface area contributed by atoms with Crippen molar-refractivity contribution in [2.24, 2.45) is 4.99 Å². The van der Waals surface area contributed by atoms with Crippen LogP contribution in [0.3, 0.4) is 0 Å². The normalized spacial score (nSPS) is 15.1. The average Bonchev–Trinajstić information content (AvgIpc) is 3.68. The molecule has 3 aromatic heterocycles. The number of thiophene rings is 1. The molecule has 0 bridgehead atoms. The lowest BCUT2D eigenvalue weighted by Crippen LogP contribution is -2.39. The molecule has 1 aliphatic heterocycles. The summed E-state index contributed by atoms with van der Waals surface area (Å²) in [5, 5.41) is 12.5. The minimum atomic E-state index is -0.596. The lowest BCUT2D eigenvalue weighted by molar-refractivity contribution is -0.139. The van der Waals surface area contributed by atoms with Crippen LogP contribution in [-0.2, 0) is 16.1 Å². The van der Waals surface area contributed by atoms with Gasteiger partial charge in [0, 0.05) is 34.1 Å². The van der Waals surface area contributed by atoms with Crippen LogP contribution in [0.25, 0.3) is 17.0 Å². The van der Waals surface area contributed by atoms with Gasteiger partial charge in [-0.15, -0.1) is 11.3 Å². The van der Waals surface area contributed by atoms with E-state index in [9.17, 15) is 14.9 Å². The molecular weight excluding hydrogens is 541 g/mol. The first-order chi connectivity index (χ1) is 19.5. The molecule has 0 spiro atoms. The SMILES string of the molecule is CCOC(=O)C1=C(C)N=c2s/c(=C/c3cn(Cc4ccccc4C#N)c4ccccc34)c(=O)n2[C@@H]1c1cccs1. The van der Waals surface area contributed by atoms with Crippen LogP contribution in [-0.4, -0.2) is 21.7 Å². The number of benzene rings is 2. The van der Waals surface area contributed by atoms with Crippen LogP contribution in [0, 0.1) is 11.3 Å². The Bertz CT molecular complexity index is 2020. The minimum Gasteiger partial charge on any atom is -0.463 e. The number of esters is 1. The van der Waals surface area contributed by atoms with Crippen molar-refractivity contribution in [1.82, 2.24) is 9.13 Å². The molecule has 0 saturated carbocycles. The van der Waals surface area contributed by atoms with Crippen molar-refractivity contribution in [3.8, 4) is 6.07 Å². The maximum atomic E-state index is 13.9. The molecule has 0 unspecified atom stereocenters. The fourth-order valence-corrected chi connectivity index (χ4v) is 6.98. The van der Waals surface area contributed by atoms with E-state index in [2.05, 4.69) is 15.6 Å². The number of nitriles is 1. The summed E-state index contributed by atoms with van der Waals surface area (Å²) in [4.78, 5) is 33.0. The number of allylic oxidation sites excluding steroid dienone is 1. The molecule has 1 atom stereocenters. The van der Waals surface area contributed by atoms with Gasteiger partial charge in [-0.25, -0.2) is 9.79 Å². The Balaban J connectivity index is 1.51. The summed E-state index contributed by atoms with van der Waals surface area (Å²) in [6.07, 6.45) is 3.91. The second kappa shape index (κ2) is 10.6. The van der Waals surface area contributed by atoms with Crippen LogP contribution in [0.15, 0.2) is 93.3 Å². The first-order valence-electron chi connectivity index (χ1n) is 12.8. The highest BCUT2D eigenvalue weighted by Crippen LogP contribution is 2.33. The molecule has 0 fully saturated rings. The van der Waals surface area contributed by atoms with Crippen LogP contribution in [0.5, 0.6) is 0 Å². The van der Waals surface area contributed by atoms with Gasteiger partial charge in [-0.3, -0.25) is 9.36 Å². The minimum absolute atomic E-state index is 0.205. The first kappa shape index (κ1) is 25.7. The third-order valence-corrected chi connectivity index (χ3v) is 8.82. The van der Waals surface area contributed by atoms with Crippen LogP contribution in [0.2, 0.25) is 0 Å². The molecule has 5 aromatic rings. The number of aromatic nitrogens is 2. The molecule has 2 aromatic carbocycles. The average molecular weight is 565 g/mol. The Morgan fingerprint density at radius 1 is 1.15 bits per heavy atom. The molecule has 4 heterocycles. The Hall–Kier alpha value is -4.52. The molecule has 198 valence electrons. The molecule has 9 heteroatoms. The van der Waals surface area contributed by atoms with Crippen molar-refractivity contribution in [1.29, 1.82) is 5.26 Å². The van der Waals surface area contributed by atoms with Crippen molar-refractivity contribution >= 4 is 45.6 Å². The summed E-state index contributed by atoms with van der Waals surface area (Å²) in [6, 6.07) is 21.1. The molecule has 0 amide bonds.